The van der Waals surface area contributed by atoms with Crippen molar-refractivity contribution < 1.29 is 4.79 Å². The Morgan fingerprint density at radius 1 is 1.36 bits per heavy atom. The van der Waals surface area contributed by atoms with Crippen molar-refractivity contribution in [3.8, 4) is 0 Å². The molecule has 2 aromatic rings. The van der Waals surface area contributed by atoms with Crippen LogP contribution in [0.25, 0.3) is 0 Å². The van der Waals surface area contributed by atoms with Gasteiger partial charge in [0.1, 0.15) is 0 Å². The van der Waals surface area contributed by atoms with Crippen LogP contribution in [0.2, 0.25) is 0 Å². The highest BCUT2D eigenvalue weighted by atomic mass is 16.2. The summed E-state index contributed by atoms with van der Waals surface area (Å²) in [4.78, 5) is 21.1. The summed E-state index contributed by atoms with van der Waals surface area (Å²) in [6.45, 7) is 2.40. The molecule has 1 aliphatic heterocycles. The zero-order valence-corrected chi connectivity index (χ0v) is 14.9. The molecule has 3 heterocycles. The van der Waals surface area contributed by atoms with Crippen molar-refractivity contribution in [2.45, 2.75) is 31.8 Å². The highest BCUT2D eigenvalue weighted by Crippen LogP contribution is 2.18. The van der Waals surface area contributed by atoms with Crippen molar-refractivity contribution >= 4 is 11.7 Å². The standard InChI is InChI=1S/C18H26N6O/c1-22(13-15-6-3-4-9-19-15)17-7-5-10-24(11-8-17)18(25)21-16-12-20-23(2)14-16/h3-4,6,9,12,14,17H,5,7-8,10-11,13H2,1-2H3,(H,21,25). The van der Waals surface area contributed by atoms with Crippen LogP contribution in [0.5, 0.6) is 0 Å². The first-order valence-corrected chi connectivity index (χ1v) is 8.76. The lowest BCUT2D eigenvalue weighted by atomic mass is 10.1. The van der Waals surface area contributed by atoms with E-state index >= 15 is 0 Å². The van der Waals surface area contributed by atoms with Gasteiger partial charge in [-0.1, -0.05) is 6.07 Å². The summed E-state index contributed by atoms with van der Waals surface area (Å²) in [6, 6.07) is 6.45. The van der Waals surface area contributed by atoms with E-state index < -0.39 is 0 Å². The summed E-state index contributed by atoms with van der Waals surface area (Å²) in [6.07, 6.45) is 8.39. The number of aryl methyl sites for hydroxylation is 1. The van der Waals surface area contributed by atoms with Crippen LogP contribution in [-0.2, 0) is 13.6 Å². The number of pyridine rings is 1. The Morgan fingerprint density at radius 3 is 2.96 bits per heavy atom. The molecule has 0 aromatic carbocycles. The Kier molecular flexibility index (Phi) is 5.65. The molecule has 7 heteroatoms. The molecule has 25 heavy (non-hydrogen) atoms. The van der Waals surface area contributed by atoms with Crippen molar-refractivity contribution in [3.05, 3.63) is 42.5 Å². The summed E-state index contributed by atoms with van der Waals surface area (Å²) < 4.78 is 1.68. The molecule has 0 spiro atoms. The number of anilines is 1. The molecule has 1 saturated heterocycles. The van der Waals surface area contributed by atoms with E-state index in [0.717, 1.165) is 50.3 Å². The third-order valence-electron chi connectivity index (χ3n) is 4.70. The lowest BCUT2D eigenvalue weighted by molar-refractivity contribution is 0.200. The smallest absolute Gasteiger partial charge is 0.321 e. The molecule has 1 unspecified atom stereocenters. The van der Waals surface area contributed by atoms with Gasteiger partial charge in [0, 0.05) is 45.1 Å². The summed E-state index contributed by atoms with van der Waals surface area (Å²) in [5.41, 5.74) is 1.82. The van der Waals surface area contributed by atoms with Crippen molar-refractivity contribution in [3.63, 3.8) is 0 Å². The maximum atomic E-state index is 12.5. The highest BCUT2D eigenvalue weighted by Gasteiger charge is 2.23. The van der Waals surface area contributed by atoms with Gasteiger partial charge in [-0.15, -0.1) is 0 Å². The number of amides is 2. The molecule has 2 aromatic heterocycles. The Balaban J connectivity index is 1.52. The van der Waals surface area contributed by atoms with Gasteiger partial charge < -0.3 is 10.2 Å². The average Bonchev–Trinajstić information content (AvgIpc) is 2.86. The summed E-state index contributed by atoms with van der Waals surface area (Å²) in [5, 5.41) is 7.00. The van der Waals surface area contributed by atoms with Crippen LogP contribution in [0.15, 0.2) is 36.8 Å². The molecule has 3 rings (SSSR count). The molecule has 1 aliphatic rings. The van der Waals surface area contributed by atoms with Gasteiger partial charge in [0.2, 0.25) is 0 Å². The number of hydrogen-bond donors (Lipinski definition) is 1. The zero-order chi connectivity index (χ0) is 17.6. The first kappa shape index (κ1) is 17.4. The molecule has 1 fully saturated rings. The summed E-state index contributed by atoms with van der Waals surface area (Å²) in [5.74, 6) is 0. The second-order valence-corrected chi connectivity index (χ2v) is 6.64. The zero-order valence-electron chi connectivity index (χ0n) is 14.9. The van der Waals surface area contributed by atoms with Crippen LogP contribution in [0.4, 0.5) is 10.5 Å². The molecular formula is C18H26N6O. The number of nitrogens with one attached hydrogen (secondary N) is 1. The van der Waals surface area contributed by atoms with Crippen molar-refractivity contribution in [1.82, 2.24) is 24.6 Å². The van der Waals surface area contributed by atoms with Gasteiger partial charge in [-0.2, -0.15) is 5.10 Å². The van der Waals surface area contributed by atoms with Crippen LogP contribution in [0, 0.1) is 0 Å². The van der Waals surface area contributed by atoms with E-state index in [9.17, 15) is 4.79 Å². The Bertz CT molecular complexity index is 686. The van der Waals surface area contributed by atoms with Gasteiger partial charge in [0.05, 0.1) is 17.6 Å². The van der Waals surface area contributed by atoms with Gasteiger partial charge in [0.15, 0.2) is 0 Å². The lowest BCUT2D eigenvalue weighted by Gasteiger charge is -2.27. The van der Waals surface area contributed by atoms with Gasteiger partial charge in [0.25, 0.3) is 0 Å². The van der Waals surface area contributed by atoms with Gasteiger partial charge in [-0.3, -0.25) is 14.6 Å². The maximum Gasteiger partial charge on any atom is 0.321 e. The molecule has 134 valence electrons. The topological polar surface area (TPSA) is 66.3 Å². The minimum absolute atomic E-state index is 0.0407. The molecular weight excluding hydrogens is 316 g/mol. The van der Waals surface area contributed by atoms with E-state index in [4.69, 9.17) is 0 Å². The monoisotopic (exact) mass is 342 g/mol. The van der Waals surface area contributed by atoms with Crippen LogP contribution in [-0.4, -0.2) is 56.8 Å². The predicted molar refractivity (Wildman–Crippen MR) is 97.1 cm³/mol. The van der Waals surface area contributed by atoms with Gasteiger partial charge in [-0.25, -0.2) is 4.79 Å². The van der Waals surface area contributed by atoms with E-state index in [1.807, 2.05) is 30.3 Å². The number of urea groups is 1. The van der Waals surface area contributed by atoms with E-state index in [1.54, 1.807) is 17.1 Å². The van der Waals surface area contributed by atoms with E-state index in [1.165, 1.54) is 0 Å². The fourth-order valence-electron chi connectivity index (χ4n) is 3.29. The largest absolute Gasteiger partial charge is 0.324 e. The fraction of sp³-hybridized carbons (Fsp3) is 0.500. The quantitative estimate of drug-likeness (QED) is 0.926. The fourth-order valence-corrected chi connectivity index (χ4v) is 3.29. The van der Waals surface area contributed by atoms with Crippen molar-refractivity contribution in [2.75, 3.05) is 25.5 Å². The average molecular weight is 342 g/mol. The number of carbonyl (C=O) groups is 1. The van der Waals surface area contributed by atoms with Crippen LogP contribution in [0.3, 0.4) is 0 Å². The number of carbonyl (C=O) groups excluding carboxylic acids is 1. The summed E-state index contributed by atoms with van der Waals surface area (Å²) in [7, 11) is 3.98. The lowest BCUT2D eigenvalue weighted by Crippen LogP contribution is -2.37. The Hall–Kier alpha value is -2.41. The number of hydrogen-bond acceptors (Lipinski definition) is 4. The number of nitrogens with zero attached hydrogens (tertiary/aromatic N) is 5. The molecule has 0 bridgehead atoms. The van der Waals surface area contributed by atoms with Crippen LogP contribution >= 0.6 is 0 Å². The number of rotatable bonds is 4. The molecule has 0 saturated carbocycles. The van der Waals surface area contributed by atoms with Crippen LogP contribution in [0.1, 0.15) is 25.0 Å². The van der Waals surface area contributed by atoms with Crippen molar-refractivity contribution in [1.29, 1.82) is 0 Å². The first-order chi connectivity index (χ1) is 12.1. The number of aromatic nitrogens is 3. The highest BCUT2D eigenvalue weighted by molar-refractivity contribution is 5.89. The second kappa shape index (κ2) is 8.11. The second-order valence-electron chi connectivity index (χ2n) is 6.64. The Morgan fingerprint density at radius 2 is 2.24 bits per heavy atom. The van der Waals surface area contributed by atoms with Gasteiger partial charge in [-0.05, 0) is 38.4 Å². The van der Waals surface area contributed by atoms with E-state index in [0.29, 0.717) is 6.04 Å². The maximum absolute atomic E-state index is 12.5. The molecule has 7 nitrogen and oxygen atoms in total. The minimum atomic E-state index is -0.0407. The molecule has 0 aliphatic carbocycles. The van der Waals surface area contributed by atoms with Crippen LogP contribution < -0.4 is 5.32 Å². The van der Waals surface area contributed by atoms with E-state index in [2.05, 4.69) is 33.4 Å². The molecule has 1 atom stereocenters. The predicted octanol–water partition coefficient (Wildman–Crippen LogP) is 2.33. The SMILES string of the molecule is CN(Cc1ccccn1)C1CCCN(C(=O)Nc2cnn(C)c2)CC1. The number of likely N-dealkylation sites (tertiary alicyclic amines) is 1. The minimum Gasteiger partial charge on any atom is -0.324 e. The third kappa shape index (κ3) is 4.79. The van der Waals surface area contributed by atoms with Crippen molar-refractivity contribution in [2.24, 2.45) is 7.05 Å². The molecule has 0 radical (unpaired) electrons. The van der Waals surface area contributed by atoms with Gasteiger partial charge >= 0.3 is 6.03 Å². The molecule has 2 amide bonds. The normalized spacial score (nSPS) is 18.2. The first-order valence-electron chi connectivity index (χ1n) is 8.76. The molecule has 1 N–H and O–H groups in total. The summed E-state index contributed by atoms with van der Waals surface area (Å²) >= 11 is 0. The third-order valence-corrected chi connectivity index (χ3v) is 4.70. The van der Waals surface area contributed by atoms with E-state index in [-0.39, 0.29) is 6.03 Å². The Labute approximate surface area is 148 Å².